The normalized spacial score (nSPS) is 50.3. The molecule has 4 saturated carbocycles. The van der Waals surface area contributed by atoms with Gasteiger partial charge in [-0.1, -0.05) is 13.8 Å². The van der Waals surface area contributed by atoms with E-state index in [1.807, 2.05) is 6.07 Å². The average molecular weight is 416 g/mol. The molecule has 0 bridgehead atoms. The van der Waals surface area contributed by atoms with Crippen LogP contribution in [0, 0.1) is 34.0 Å². The van der Waals surface area contributed by atoms with Gasteiger partial charge in [0.2, 0.25) is 0 Å². The van der Waals surface area contributed by atoms with Gasteiger partial charge in [0.25, 0.3) is 0 Å². The van der Waals surface area contributed by atoms with Gasteiger partial charge in [0.1, 0.15) is 5.60 Å². The van der Waals surface area contributed by atoms with Gasteiger partial charge in [-0.15, -0.1) is 0 Å². The van der Waals surface area contributed by atoms with E-state index in [-0.39, 0.29) is 17.3 Å². The third kappa shape index (κ3) is 2.46. The summed E-state index contributed by atoms with van der Waals surface area (Å²) in [5.41, 5.74) is 4.20. The topological polar surface area (TPSA) is 116 Å². The van der Waals surface area contributed by atoms with Crippen molar-refractivity contribution >= 4 is 5.96 Å². The number of furan rings is 1. The molecule has 6 N–H and O–H groups in total. The van der Waals surface area contributed by atoms with Gasteiger partial charge < -0.3 is 25.7 Å². The van der Waals surface area contributed by atoms with E-state index in [1.54, 1.807) is 12.5 Å². The molecule has 3 unspecified atom stereocenters. The van der Waals surface area contributed by atoms with Crippen LogP contribution < -0.4 is 11.1 Å². The molecule has 30 heavy (non-hydrogen) atoms. The number of nitrogens with one attached hydrogen (secondary N) is 2. The molecule has 1 aromatic heterocycles. The van der Waals surface area contributed by atoms with Crippen molar-refractivity contribution < 1.29 is 14.6 Å². The summed E-state index contributed by atoms with van der Waals surface area (Å²) in [4.78, 5) is 0. The highest BCUT2D eigenvalue weighted by atomic mass is 16.3. The van der Waals surface area contributed by atoms with Crippen LogP contribution in [0.3, 0.4) is 0 Å². The maximum absolute atomic E-state index is 12.2. The van der Waals surface area contributed by atoms with Crippen LogP contribution in [-0.4, -0.2) is 27.8 Å². The van der Waals surface area contributed by atoms with E-state index >= 15 is 0 Å². The van der Waals surface area contributed by atoms with Crippen LogP contribution in [0.15, 0.2) is 23.0 Å². The highest BCUT2D eigenvalue weighted by Crippen LogP contribution is 2.71. The Hall–Kier alpha value is -1.53. The van der Waals surface area contributed by atoms with Crippen LogP contribution in [-0.2, 0) is 5.60 Å². The van der Waals surface area contributed by atoms with E-state index < -0.39 is 16.6 Å². The fourth-order valence-corrected chi connectivity index (χ4v) is 8.56. The van der Waals surface area contributed by atoms with Crippen molar-refractivity contribution in [3.05, 3.63) is 24.2 Å². The Morgan fingerprint density at radius 3 is 2.60 bits per heavy atom. The van der Waals surface area contributed by atoms with Crippen LogP contribution in [0.5, 0.6) is 0 Å². The Balaban J connectivity index is 1.44. The molecule has 6 nitrogen and oxygen atoms in total. The summed E-state index contributed by atoms with van der Waals surface area (Å²) >= 11 is 0. The van der Waals surface area contributed by atoms with Crippen molar-refractivity contribution in [1.29, 1.82) is 5.41 Å². The Morgan fingerprint density at radius 1 is 1.10 bits per heavy atom. The monoisotopic (exact) mass is 415 g/mol. The Labute approximate surface area is 179 Å². The first-order chi connectivity index (χ1) is 14.1. The number of guanidine groups is 1. The first-order valence-corrected chi connectivity index (χ1v) is 11.7. The van der Waals surface area contributed by atoms with Gasteiger partial charge in [0.15, 0.2) is 5.96 Å². The molecule has 0 radical (unpaired) electrons. The largest absolute Gasteiger partial charge is 0.472 e. The SMILES string of the molecule is C[C@]12CCC(NC(=N)N)CC1CC[C@@H]1[C@H]2CC[C@]2(C)C(O)(c3ccoc3)CC[C@@]12O. The summed E-state index contributed by atoms with van der Waals surface area (Å²) < 4.78 is 5.31. The number of hydrogen-bond donors (Lipinski definition) is 5. The molecule has 0 aromatic carbocycles. The maximum Gasteiger partial charge on any atom is 0.185 e. The van der Waals surface area contributed by atoms with Crippen LogP contribution in [0.1, 0.15) is 77.2 Å². The molecule has 8 atom stereocenters. The molecule has 0 aliphatic heterocycles. The molecule has 4 aliphatic rings. The van der Waals surface area contributed by atoms with Gasteiger partial charge in [-0.25, -0.2) is 0 Å². The molecule has 4 fully saturated rings. The fraction of sp³-hybridized carbons (Fsp3) is 0.792. The van der Waals surface area contributed by atoms with Crippen LogP contribution >= 0.6 is 0 Å². The molecular formula is C24H37N3O3. The predicted molar refractivity (Wildman–Crippen MR) is 115 cm³/mol. The summed E-state index contributed by atoms with van der Waals surface area (Å²) in [7, 11) is 0. The first-order valence-electron chi connectivity index (χ1n) is 11.7. The van der Waals surface area contributed by atoms with Crippen LogP contribution in [0.4, 0.5) is 0 Å². The fourth-order valence-electron chi connectivity index (χ4n) is 8.56. The van der Waals surface area contributed by atoms with Crippen LogP contribution in [0.2, 0.25) is 0 Å². The van der Waals surface area contributed by atoms with Crippen molar-refractivity contribution in [2.75, 3.05) is 0 Å². The second kappa shape index (κ2) is 6.49. The molecule has 1 aromatic rings. The van der Waals surface area contributed by atoms with Crippen molar-refractivity contribution in [2.45, 2.75) is 88.9 Å². The molecule has 1 heterocycles. The summed E-state index contributed by atoms with van der Waals surface area (Å²) in [6.07, 6.45) is 11.8. The lowest BCUT2D eigenvalue weighted by atomic mass is 9.42. The Morgan fingerprint density at radius 2 is 1.90 bits per heavy atom. The molecule has 6 heteroatoms. The van der Waals surface area contributed by atoms with E-state index in [1.165, 1.54) is 0 Å². The Kier molecular flexibility index (Phi) is 4.41. The minimum absolute atomic E-state index is 0.0736. The van der Waals surface area contributed by atoms with Gasteiger partial charge >= 0.3 is 0 Å². The highest BCUT2D eigenvalue weighted by Gasteiger charge is 2.72. The third-order valence-electron chi connectivity index (χ3n) is 10.4. The lowest BCUT2D eigenvalue weighted by Gasteiger charge is -2.64. The third-order valence-corrected chi connectivity index (χ3v) is 10.4. The van der Waals surface area contributed by atoms with E-state index in [4.69, 9.17) is 15.6 Å². The highest BCUT2D eigenvalue weighted by molar-refractivity contribution is 5.74. The second-order valence-electron chi connectivity index (χ2n) is 11.2. The summed E-state index contributed by atoms with van der Waals surface area (Å²) in [5, 5.41) is 34.8. The summed E-state index contributed by atoms with van der Waals surface area (Å²) in [6, 6.07) is 2.16. The average Bonchev–Trinajstić information content (AvgIpc) is 3.30. The second-order valence-corrected chi connectivity index (χ2v) is 11.2. The number of aliphatic hydroxyl groups is 2. The van der Waals surface area contributed by atoms with E-state index in [2.05, 4.69) is 19.2 Å². The van der Waals surface area contributed by atoms with E-state index in [9.17, 15) is 10.2 Å². The van der Waals surface area contributed by atoms with E-state index in [0.717, 1.165) is 50.5 Å². The first kappa shape index (κ1) is 20.4. The summed E-state index contributed by atoms with van der Waals surface area (Å²) in [5.74, 6) is 1.39. The smallest absolute Gasteiger partial charge is 0.185 e. The van der Waals surface area contributed by atoms with Crippen molar-refractivity contribution in [3.63, 3.8) is 0 Å². The lowest BCUT2D eigenvalue weighted by molar-refractivity contribution is -0.236. The van der Waals surface area contributed by atoms with Crippen molar-refractivity contribution in [1.82, 2.24) is 5.32 Å². The Bertz CT molecular complexity index is 828. The number of nitrogens with two attached hydrogens (primary N) is 1. The summed E-state index contributed by atoms with van der Waals surface area (Å²) in [6.45, 7) is 4.56. The number of fused-ring (bicyclic) bond motifs is 5. The van der Waals surface area contributed by atoms with Crippen molar-refractivity contribution in [3.8, 4) is 0 Å². The lowest BCUT2D eigenvalue weighted by Crippen LogP contribution is -2.64. The van der Waals surface area contributed by atoms with Gasteiger partial charge in [-0.3, -0.25) is 5.41 Å². The van der Waals surface area contributed by atoms with E-state index in [0.29, 0.717) is 30.7 Å². The van der Waals surface area contributed by atoms with Gasteiger partial charge in [-0.2, -0.15) is 0 Å². The zero-order valence-corrected chi connectivity index (χ0v) is 18.3. The standard InChI is InChI=1S/C24H37N3O3/c1-21-8-5-17(27-20(25)26)13-15(21)3-4-19-18(21)6-9-22(2)23(28,10-11-24(19,22)29)16-7-12-30-14-16/h7,12,14-15,17-19,28-29H,3-6,8-11,13H2,1-2H3,(H4,25,26,27)/t15?,17?,18-,19-,21+,22-,23?,24-/m1/s1. The molecule has 0 spiro atoms. The quantitative estimate of drug-likeness (QED) is 0.375. The van der Waals surface area contributed by atoms with Crippen LogP contribution in [0.25, 0.3) is 0 Å². The molecule has 5 rings (SSSR count). The zero-order chi connectivity index (χ0) is 21.4. The predicted octanol–water partition coefficient (Wildman–Crippen LogP) is 3.48. The molecule has 0 amide bonds. The minimum atomic E-state index is -1.03. The van der Waals surface area contributed by atoms with Crippen molar-refractivity contribution in [2.24, 2.45) is 34.3 Å². The molecular weight excluding hydrogens is 378 g/mol. The number of rotatable bonds is 2. The van der Waals surface area contributed by atoms with Gasteiger partial charge in [0.05, 0.1) is 18.1 Å². The number of hydrogen-bond acceptors (Lipinski definition) is 4. The zero-order valence-electron chi connectivity index (χ0n) is 18.3. The molecule has 4 aliphatic carbocycles. The molecule has 166 valence electrons. The maximum atomic E-state index is 12.2. The minimum Gasteiger partial charge on any atom is -0.472 e. The van der Waals surface area contributed by atoms with Gasteiger partial charge in [-0.05, 0) is 87.0 Å². The van der Waals surface area contributed by atoms with Gasteiger partial charge in [0, 0.05) is 17.0 Å². The molecule has 0 saturated heterocycles.